The quantitative estimate of drug-likeness (QED) is 0.652. The van der Waals surface area contributed by atoms with Crippen LogP contribution in [0.3, 0.4) is 0 Å². The molecule has 1 atom stereocenters. The Bertz CT molecular complexity index is 112. The summed E-state index contributed by atoms with van der Waals surface area (Å²) in [4.78, 5) is 0. The van der Waals surface area contributed by atoms with Gasteiger partial charge in [-0.15, -0.1) is 0 Å². The van der Waals surface area contributed by atoms with Crippen molar-refractivity contribution in [1.29, 1.82) is 0 Å². The predicted octanol–water partition coefficient (Wildman–Crippen LogP) is 3.32. The molecule has 0 aromatic rings. The van der Waals surface area contributed by atoms with Crippen molar-refractivity contribution < 1.29 is 3.07 Å². The van der Waals surface area contributed by atoms with Gasteiger partial charge in [0.15, 0.2) is 0 Å². The van der Waals surface area contributed by atoms with Gasteiger partial charge in [0, 0.05) is 0 Å². The summed E-state index contributed by atoms with van der Waals surface area (Å²) in [5.74, 6) is 0. The van der Waals surface area contributed by atoms with Gasteiger partial charge in [-0.3, -0.25) is 0 Å². The number of hydrogen-bond donors (Lipinski definition) is 0. The Morgan fingerprint density at radius 1 is 1.40 bits per heavy atom. The van der Waals surface area contributed by atoms with Crippen molar-refractivity contribution in [3.8, 4) is 0 Å². The van der Waals surface area contributed by atoms with E-state index in [1.807, 2.05) is 23.0 Å². The number of rotatable bonds is 1. The van der Waals surface area contributed by atoms with Crippen molar-refractivity contribution in [2.75, 3.05) is 0 Å². The van der Waals surface area contributed by atoms with E-state index in [0.29, 0.717) is 11.5 Å². The van der Waals surface area contributed by atoms with Crippen molar-refractivity contribution in [1.82, 2.24) is 0 Å². The maximum absolute atomic E-state index is 5.38. The van der Waals surface area contributed by atoms with Gasteiger partial charge < -0.3 is 3.07 Å². The fraction of sp³-hybridized carbons (Fsp3) is 1.00. The molecule has 0 radical (unpaired) electrons. The molecule has 0 saturated heterocycles. The highest BCUT2D eigenvalue weighted by molar-refractivity contribution is 14.1. The van der Waals surface area contributed by atoms with Crippen molar-refractivity contribution in [3.63, 3.8) is 0 Å². The van der Waals surface area contributed by atoms with Crippen LogP contribution in [0.4, 0.5) is 0 Å². The molecule has 1 aliphatic rings. The minimum Gasteiger partial charge on any atom is -0.312 e. The van der Waals surface area contributed by atoms with Gasteiger partial charge in [0.05, 0.1) is 6.10 Å². The Morgan fingerprint density at radius 2 is 2.10 bits per heavy atom. The largest absolute Gasteiger partial charge is 0.312 e. The van der Waals surface area contributed by atoms with Gasteiger partial charge >= 0.3 is 0 Å². The zero-order valence-electron chi connectivity index (χ0n) is 6.69. The first-order chi connectivity index (χ1) is 4.67. The van der Waals surface area contributed by atoms with Crippen molar-refractivity contribution >= 4 is 23.0 Å². The van der Waals surface area contributed by atoms with Gasteiger partial charge in [0.25, 0.3) is 0 Å². The van der Waals surface area contributed by atoms with Crippen LogP contribution in [0, 0.1) is 5.41 Å². The molecule has 1 rings (SSSR count). The van der Waals surface area contributed by atoms with E-state index in [2.05, 4.69) is 13.8 Å². The molecule has 0 unspecified atom stereocenters. The highest BCUT2D eigenvalue weighted by Crippen LogP contribution is 2.38. The van der Waals surface area contributed by atoms with E-state index in [1.165, 1.54) is 25.7 Å². The zero-order valence-corrected chi connectivity index (χ0v) is 8.85. The second kappa shape index (κ2) is 3.39. The fourth-order valence-corrected chi connectivity index (χ4v) is 2.57. The smallest absolute Gasteiger partial charge is 0.110 e. The molecule has 0 aromatic carbocycles. The molecule has 0 heterocycles. The van der Waals surface area contributed by atoms with Crippen molar-refractivity contribution in [2.45, 2.75) is 45.6 Å². The van der Waals surface area contributed by atoms with E-state index in [1.54, 1.807) is 0 Å². The summed E-state index contributed by atoms with van der Waals surface area (Å²) in [6.45, 7) is 4.60. The predicted molar refractivity (Wildman–Crippen MR) is 51.1 cm³/mol. The molecule has 0 spiro atoms. The molecule has 1 aliphatic carbocycles. The van der Waals surface area contributed by atoms with Gasteiger partial charge in [-0.1, -0.05) is 26.7 Å². The Hall–Kier alpha value is 0.690. The topological polar surface area (TPSA) is 9.23 Å². The van der Waals surface area contributed by atoms with E-state index in [4.69, 9.17) is 3.07 Å². The lowest BCUT2D eigenvalue weighted by Gasteiger charge is -2.36. The third-order valence-electron chi connectivity index (χ3n) is 2.52. The van der Waals surface area contributed by atoms with Gasteiger partial charge in [-0.25, -0.2) is 0 Å². The van der Waals surface area contributed by atoms with Crippen LogP contribution in [0.5, 0.6) is 0 Å². The zero-order chi connectivity index (χ0) is 7.61. The first kappa shape index (κ1) is 8.78. The molecule has 10 heavy (non-hydrogen) atoms. The van der Waals surface area contributed by atoms with Crippen LogP contribution in [0.1, 0.15) is 39.5 Å². The first-order valence-electron chi connectivity index (χ1n) is 3.94. The molecule has 2 heteroatoms. The highest BCUT2D eigenvalue weighted by Gasteiger charge is 2.32. The summed E-state index contributed by atoms with van der Waals surface area (Å²) in [7, 11) is 0. The standard InChI is InChI=1S/C8H15IO/c1-8(2)6-4-3-5-7(8)10-9/h7H,3-6H2,1-2H3/t7-/m1/s1. The molecule has 60 valence electrons. The van der Waals surface area contributed by atoms with Gasteiger partial charge in [-0.05, 0) is 18.3 Å². The molecule has 0 aliphatic heterocycles. The van der Waals surface area contributed by atoms with Crippen LogP contribution in [0.15, 0.2) is 0 Å². The van der Waals surface area contributed by atoms with Crippen LogP contribution in [0.25, 0.3) is 0 Å². The molecule has 0 amide bonds. The summed E-state index contributed by atoms with van der Waals surface area (Å²) in [6.07, 6.45) is 5.78. The lowest BCUT2D eigenvalue weighted by Crippen LogP contribution is -2.32. The minimum atomic E-state index is 0.416. The molecule has 0 aromatic heterocycles. The normalized spacial score (nSPS) is 32.1. The molecule has 1 saturated carbocycles. The van der Waals surface area contributed by atoms with Crippen LogP contribution in [-0.4, -0.2) is 6.10 Å². The summed E-state index contributed by atoms with van der Waals surface area (Å²) in [6, 6.07) is 0. The Balaban J connectivity index is 2.51. The molecule has 0 bridgehead atoms. The molecule has 1 nitrogen and oxygen atoms in total. The lowest BCUT2D eigenvalue weighted by atomic mass is 9.75. The SMILES string of the molecule is CC1(C)CCCC[C@H]1OI. The third-order valence-corrected chi connectivity index (χ3v) is 3.13. The summed E-state index contributed by atoms with van der Waals surface area (Å²) < 4.78 is 5.38. The second-order valence-corrected chi connectivity index (χ2v) is 4.32. The monoisotopic (exact) mass is 254 g/mol. The van der Waals surface area contributed by atoms with Crippen molar-refractivity contribution in [2.24, 2.45) is 5.41 Å². The van der Waals surface area contributed by atoms with Crippen LogP contribution < -0.4 is 0 Å². The molecule has 0 N–H and O–H groups in total. The summed E-state index contributed by atoms with van der Waals surface area (Å²) >= 11 is 2.03. The minimum absolute atomic E-state index is 0.416. The fourth-order valence-electron chi connectivity index (χ4n) is 1.63. The average Bonchev–Trinajstić information content (AvgIpc) is 1.87. The summed E-state index contributed by atoms with van der Waals surface area (Å²) in [5, 5.41) is 0. The van der Waals surface area contributed by atoms with Crippen LogP contribution in [0.2, 0.25) is 0 Å². The van der Waals surface area contributed by atoms with Crippen LogP contribution >= 0.6 is 23.0 Å². The lowest BCUT2D eigenvalue weighted by molar-refractivity contribution is 0.0685. The second-order valence-electron chi connectivity index (χ2n) is 3.81. The third kappa shape index (κ3) is 1.84. The Morgan fingerprint density at radius 3 is 2.50 bits per heavy atom. The Kier molecular flexibility index (Phi) is 2.98. The maximum atomic E-state index is 5.38. The van der Waals surface area contributed by atoms with Gasteiger partial charge in [-0.2, -0.15) is 0 Å². The van der Waals surface area contributed by atoms with E-state index in [-0.39, 0.29) is 0 Å². The molecule has 1 fully saturated rings. The molecular formula is C8H15IO. The number of hydrogen-bond acceptors (Lipinski definition) is 1. The van der Waals surface area contributed by atoms with Gasteiger partial charge in [0.2, 0.25) is 0 Å². The number of halogens is 1. The van der Waals surface area contributed by atoms with E-state index in [0.717, 1.165) is 0 Å². The average molecular weight is 254 g/mol. The first-order valence-corrected chi connectivity index (χ1v) is 4.82. The van der Waals surface area contributed by atoms with E-state index >= 15 is 0 Å². The maximum Gasteiger partial charge on any atom is 0.110 e. The molecular weight excluding hydrogens is 239 g/mol. The van der Waals surface area contributed by atoms with Crippen molar-refractivity contribution in [3.05, 3.63) is 0 Å². The van der Waals surface area contributed by atoms with E-state index < -0.39 is 0 Å². The Labute approximate surface area is 77.2 Å². The highest BCUT2D eigenvalue weighted by atomic mass is 127. The van der Waals surface area contributed by atoms with Gasteiger partial charge in [0.1, 0.15) is 23.0 Å². The summed E-state index contributed by atoms with van der Waals surface area (Å²) in [5.41, 5.74) is 0.416. The van der Waals surface area contributed by atoms with Crippen LogP contribution in [-0.2, 0) is 3.07 Å². The van der Waals surface area contributed by atoms with E-state index in [9.17, 15) is 0 Å².